The summed E-state index contributed by atoms with van der Waals surface area (Å²) in [4.78, 5) is 15.4. The van der Waals surface area contributed by atoms with Crippen LogP contribution in [0, 0.1) is 0 Å². The molecule has 0 aliphatic heterocycles. The van der Waals surface area contributed by atoms with Gasteiger partial charge >= 0.3 is 6.09 Å². The highest BCUT2D eigenvalue weighted by molar-refractivity contribution is 7.17. The molecule has 2 heterocycles. The lowest BCUT2D eigenvalue weighted by molar-refractivity contribution is 0.187. The molecule has 0 atom stereocenters. The average Bonchev–Trinajstić information content (AvgIpc) is 3.03. The van der Waals surface area contributed by atoms with Crippen molar-refractivity contribution >= 4 is 39.0 Å². The molecule has 2 N–H and O–H groups in total. The third kappa shape index (κ3) is 3.17. The van der Waals surface area contributed by atoms with Crippen molar-refractivity contribution in [2.24, 2.45) is 0 Å². The first-order valence-electron chi connectivity index (χ1n) is 6.76. The summed E-state index contributed by atoms with van der Waals surface area (Å²) in [5.41, 5.74) is 3.92. The molecule has 0 radical (unpaired) electrons. The lowest BCUT2D eigenvalue weighted by atomic mass is 10.2. The molecule has 0 aliphatic carbocycles. The molecule has 3 aromatic rings. The van der Waals surface area contributed by atoms with Gasteiger partial charge in [-0.15, -0.1) is 11.3 Å². The molecule has 22 heavy (non-hydrogen) atoms. The zero-order chi connectivity index (χ0) is 15.4. The van der Waals surface area contributed by atoms with E-state index in [2.05, 4.69) is 20.4 Å². The molecule has 0 fully saturated rings. The number of thiophene rings is 1. The number of ether oxygens (including phenoxy) is 1. The molecule has 1 amide bonds. The highest BCUT2D eigenvalue weighted by Gasteiger charge is 2.04. The van der Waals surface area contributed by atoms with E-state index in [4.69, 9.17) is 0 Å². The van der Waals surface area contributed by atoms with Gasteiger partial charge in [0.05, 0.1) is 23.0 Å². The normalized spacial score (nSPS) is 10.4. The summed E-state index contributed by atoms with van der Waals surface area (Å²) in [6.45, 7) is 0.704. The zero-order valence-corrected chi connectivity index (χ0v) is 12.8. The predicted molar refractivity (Wildman–Crippen MR) is 89.4 cm³/mol. The highest BCUT2D eigenvalue weighted by Crippen LogP contribution is 2.27. The van der Waals surface area contributed by atoms with E-state index in [-0.39, 0.29) is 0 Å². The maximum atomic E-state index is 11.1. The number of fused-ring (bicyclic) bond motifs is 1. The molecular formula is C16H15N3O2S. The fourth-order valence-electron chi connectivity index (χ4n) is 2.08. The molecule has 1 aromatic carbocycles. The minimum Gasteiger partial charge on any atom is -0.453 e. The zero-order valence-electron chi connectivity index (χ0n) is 12.0. The summed E-state index contributed by atoms with van der Waals surface area (Å²) in [6.07, 6.45) is 1.34. The first-order chi connectivity index (χ1) is 10.8. The van der Waals surface area contributed by atoms with E-state index in [0.717, 1.165) is 21.5 Å². The van der Waals surface area contributed by atoms with Gasteiger partial charge in [-0.3, -0.25) is 10.3 Å². The molecule has 2 aromatic heterocycles. The van der Waals surface area contributed by atoms with Crippen LogP contribution in [0.3, 0.4) is 0 Å². The Balaban J connectivity index is 1.66. The number of nitrogens with one attached hydrogen (secondary N) is 2. The Labute approximate surface area is 131 Å². The molecule has 3 rings (SSSR count). The van der Waals surface area contributed by atoms with Gasteiger partial charge in [-0.2, -0.15) is 0 Å². The van der Waals surface area contributed by atoms with Crippen LogP contribution in [0.15, 0.2) is 48.0 Å². The first kappa shape index (κ1) is 14.3. The Morgan fingerprint density at radius 1 is 1.23 bits per heavy atom. The van der Waals surface area contributed by atoms with Crippen LogP contribution in [-0.4, -0.2) is 18.2 Å². The molecule has 6 heteroatoms. The van der Waals surface area contributed by atoms with Crippen molar-refractivity contribution in [1.82, 2.24) is 4.98 Å². The summed E-state index contributed by atoms with van der Waals surface area (Å²) in [6, 6.07) is 11.6. The minimum atomic E-state index is -0.470. The predicted octanol–water partition coefficient (Wildman–Crippen LogP) is 4.09. The van der Waals surface area contributed by atoms with Gasteiger partial charge in [-0.1, -0.05) is 12.1 Å². The summed E-state index contributed by atoms with van der Waals surface area (Å²) in [7, 11) is 1.34. The lowest BCUT2D eigenvalue weighted by Crippen LogP contribution is -2.10. The van der Waals surface area contributed by atoms with Gasteiger partial charge in [0.25, 0.3) is 0 Å². The summed E-state index contributed by atoms with van der Waals surface area (Å²) in [5.74, 6) is 0. The number of aromatic nitrogens is 1. The van der Waals surface area contributed by atoms with Crippen LogP contribution in [0.5, 0.6) is 0 Å². The molecule has 0 bridgehead atoms. The average molecular weight is 313 g/mol. The summed E-state index contributed by atoms with van der Waals surface area (Å²) < 4.78 is 5.71. The number of nitrogens with zero attached hydrogens (tertiary/aromatic N) is 1. The maximum Gasteiger partial charge on any atom is 0.411 e. The van der Waals surface area contributed by atoms with Crippen LogP contribution in [0.4, 0.5) is 16.2 Å². The van der Waals surface area contributed by atoms with Crippen LogP contribution in [-0.2, 0) is 11.3 Å². The van der Waals surface area contributed by atoms with E-state index in [9.17, 15) is 4.79 Å². The molecular weight excluding hydrogens is 298 g/mol. The number of rotatable bonds is 4. The van der Waals surface area contributed by atoms with E-state index in [1.165, 1.54) is 7.11 Å². The third-order valence-electron chi connectivity index (χ3n) is 3.21. The van der Waals surface area contributed by atoms with Gasteiger partial charge in [0.2, 0.25) is 0 Å². The van der Waals surface area contributed by atoms with Crippen LogP contribution in [0.2, 0.25) is 0 Å². The van der Waals surface area contributed by atoms with Crippen LogP contribution in [0.25, 0.3) is 10.2 Å². The van der Waals surface area contributed by atoms with E-state index in [0.29, 0.717) is 12.2 Å². The second-order valence-corrected chi connectivity index (χ2v) is 5.58. The Morgan fingerprint density at radius 2 is 2.05 bits per heavy atom. The van der Waals surface area contributed by atoms with Gasteiger partial charge in [0, 0.05) is 18.4 Å². The Hall–Kier alpha value is -2.60. The lowest BCUT2D eigenvalue weighted by Gasteiger charge is -2.08. The quantitative estimate of drug-likeness (QED) is 0.761. The number of carbonyl (C=O) groups is 1. The maximum absolute atomic E-state index is 11.1. The topological polar surface area (TPSA) is 63.2 Å². The first-order valence-corrected chi connectivity index (χ1v) is 7.64. The van der Waals surface area contributed by atoms with Crippen molar-refractivity contribution in [3.8, 4) is 0 Å². The van der Waals surface area contributed by atoms with Crippen LogP contribution < -0.4 is 10.6 Å². The van der Waals surface area contributed by atoms with Gasteiger partial charge in [-0.05, 0) is 35.2 Å². The summed E-state index contributed by atoms with van der Waals surface area (Å²) >= 11 is 1.67. The van der Waals surface area contributed by atoms with Crippen molar-refractivity contribution in [1.29, 1.82) is 0 Å². The van der Waals surface area contributed by atoms with Crippen LogP contribution >= 0.6 is 11.3 Å². The summed E-state index contributed by atoms with van der Waals surface area (Å²) in [5, 5.41) is 8.08. The Bertz CT molecular complexity index is 783. The fraction of sp³-hybridized carbons (Fsp3) is 0.125. The van der Waals surface area contributed by atoms with E-state index < -0.39 is 6.09 Å². The van der Waals surface area contributed by atoms with Crippen molar-refractivity contribution in [2.75, 3.05) is 17.7 Å². The molecule has 0 saturated heterocycles. The molecule has 0 unspecified atom stereocenters. The molecule has 112 valence electrons. The fourth-order valence-corrected chi connectivity index (χ4v) is 2.93. The largest absolute Gasteiger partial charge is 0.453 e. The SMILES string of the molecule is COC(=O)Nc1ccc(CNc2ccnc3ccsc23)cc1. The smallest absolute Gasteiger partial charge is 0.411 e. The van der Waals surface area contributed by atoms with Gasteiger partial charge in [0.1, 0.15) is 0 Å². The number of methoxy groups -OCH3 is 1. The number of anilines is 2. The van der Waals surface area contributed by atoms with E-state index in [1.807, 2.05) is 41.8 Å². The molecule has 0 saturated carbocycles. The number of carbonyl (C=O) groups excluding carboxylic acids is 1. The Morgan fingerprint density at radius 3 is 2.82 bits per heavy atom. The monoisotopic (exact) mass is 313 g/mol. The van der Waals surface area contributed by atoms with Gasteiger partial charge in [-0.25, -0.2) is 4.79 Å². The number of pyridine rings is 1. The van der Waals surface area contributed by atoms with Crippen molar-refractivity contribution < 1.29 is 9.53 Å². The standard InChI is InChI=1S/C16H15N3O2S/c1-21-16(20)19-12-4-2-11(3-5-12)10-18-13-6-8-17-14-7-9-22-15(13)14/h2-9H,10H2,1H3,(H,17,18)(H,19,20). The Kier molecular flexibility index (Phi) is 4.20. The van der Waals surface area contributed by atoms with Crippen LogP contribution in [0.1, 0.15) is 5.56 Å². The van der Waals surface area contributed by atoms with Gasteiger partial charge in [0.15, 0.2) is 0 Å². The number of amides is 1. The van der Waals surface area contributed by atoms with E-state index >= 15 is 0 Å². The van der Waals surface area contributed by atoms with Crippen molar-refractivity contribution in [3.63, 3.8) is 0 Å². The molecule has 5 nitrogen and oxygen atoms in total. The molecule has 0 spiro atoms. The van der Waals surface area contributed by atoms with Crippen molar-refractivity contribution in [2.45, 2.75) is 6.54 Å². The minimum absolute atomic E-state index is 0.470. The second-order valence-electron chi connectivity index (χ2n) is 4.66. The number of hydrogen-bond donors (Lipinski definition) is 2. The van der Waals surface area contributed by atoms with Crippen molar-refractivity contribution in [3.05, 3.63) is 53.5 Å². The van der Waals surface area contributed by atoms with Gasteiger partial charge < -0.3 is 10.1 Å². The number of hydrogen-bond acceptors (Lipinski definition) is 5. The van der Waals surface area contributed by atoms with E-state index in [1.54, 1.807) is 17.5 Å². The highest BCUT2D eigenvalue weighted by atomic mass is 32.1. The molecule has 0 aliphatic rings. The number of benzene rings is 1. The third-order valence-corrected chi connectivity index (χ3v) is 4.15. The second kappa shape index (κ2) is 6.44.